The molecule has 1 heterocycles. The molecule has 1 N–H and O–H groups in total. The van der Waals surface area contributed by atoms with Crippen LogP contribution in [0.2, 0.25) is 5.22 Å². The molecule has 1 unspecified atom stereocenters. The molecule has 0 aliphatic heterocycles. The van der Waals surface area contributed by atoms with Gasteiger partial charge < -0.3 is 9.52 Å². The van der Waals surface area contributed by atoms with Crippen LogP contribution in [0.15, 0.2) is 16.5 Å². The van der Waals surface area contributed by atoms with E-state index in [-0.39, 0.29) is 0 Å². The molecule has 78 valence electrons. The topological polar surface area (TPSA) is 33.4 Å². The summed E-state index contributed by atoms with van der Waals surface area (Å²) in [6.45, 7) is 0. The zero-order valence-electron chi connectivity index (χ0n) is 8.08. The van der Waals surface area contributed by atoms with E-state index in [0.717, 1.165) is 6.42 Å². The Balaban J connectivity index is 1.91. The average molecular weight is 215 g/mol. The number of halogens is 1. The lowest BCUT2D eigenvalue weighted by Gasteiger charge is -2.12. The predicted octanol–water partition coefficient (Wildman–Crippen LogP) is 3.55. The van der Waals surface area contributed by atoms with E-state index in [1.54, 1.807) is 12.1 Å². The van der Waals surface area contributed by atoms with Crippen molar-refractivity contribution in [2.45, 2.75) is 38.2 Å². The van der Waals surface area contributed by atoms with Gasteiger partial charge in [0.05, 0.1) is 0 Å². The summed E-state index contributed by atoms with van der Waals surface area (Å²) in [5, 5.41) is 10.2. The minimum atomic E-state index is -0.481. The molecule has 2 rings (SSSR count). The summed E-state index contributed by atoms with van der Waals surface area (Å²) >= 11 is 5.64. The fourth-order valence-electron chi connectivity index (χ4n) is 2.19. The van der Waals surface area contributed by atoms with Gasteiger partial charge in [0.1, 0.15) is 11.9 Å². The second kappa shape index (κ2) is 4.37. The highest BCUT2D eigenvalue weighted by Gasteiger charge is 2.21. The van der Waals surface area contributed by atoms with Crippen LogP contribution in [0.25, 0.3) is 0 Å². The third-order valence-electron chi connectivity index (χ3n) is 2.95. The Hall–Kier alpha value is -0.470. The highest BCUT2D eigenvalue weighted by Crippen LogP contribution is 2.33. The second-order valence-electron chi connectivity index (χ2n) is 4.04. The van der Waals surface area contributed by atoms with Crippen LogP contribution in [0.1, 0.15) is 44.0 Å². The van der Waals surface area contributed by atoms with Gasteiger partial charge in [0.15, 0.2) is 5.22 Å². The molecular formula is C11H15ClO2. The average Bonchev–Trinajstić information content (AvgIpc) is 2.75. The zero-order valence-corrected chi connectivity index (χ0v) is 8.83. The molecule has 0 amide bonds. The number of hydrogen-bond donors (Lipinski definition) is 1. The molecule has 14 heavy (non-hydrogen) atoms. The van der Waals surface area contributed by atoms with Crippen molar-refractivity contribution in [2.24, 2.45) is 5.92 Å². The maximum Gasteiger partial charge on any atom is 0.193 e. The van der Waals surface area contributed by atoms with Crippen molar-refractivity contribution in [3.8, 4) is 0 Å². The van der Waals surface area contributed by atoms with Gasteiger partial charge in [-0.05, 0) is 36.1 Å². The van der Waals surface area contributed by atoms with Crippen LogP contribution in [0.4, 0.5) is 0 Å². The van der Waals surface area contributed by atoms with Gasteiger partial charge in [-0.3, -0.25) is 0 Å². The molecule has 0 spiro atoms. The van der Waals surface area contributed by atoms with Gasteiger partial charge in [-0.1, -0.05) is 25.7 Å². The van der Waals surface area contributed by atoms with Crippen molar-refractivity contribution in [3.63, 3.8) is 0 Å². The quantitative estimate of drug-likeness (QED) is 0.835. The van der Waals surface area contributed by atoms with Gasteiger partial charge in [0.2, 0.25) is 0 Å². The SMILES string of the molecule is OC(CC1CCCC1)c1ccc(Cl)o1. The van der Waals surface area contributed by atoms with E-state index >= 15 is 0 Å². The molecule has 0 radical (unpaired) electrons. The number of rotatable bonds is 3. The van der Waals surface area contributed by atoms with E-state index in [9.17, 15) is 5.11 Å². The summed E-state index contributed by atoms with van der Waals surface area (Å²) in [4.78, 5) is 0. The molecule has 0 aromatic carbocycles. The standard InChI is InChI=1S/C11H15ClO2/c12-11-6-5-10(14-11)9(13)7-8-3-1-2-4-8/h5-6,8-9,13H,1-4,7H2. The Morgan fingerprint density at radius 1 is 1.43 bits per heavy atom. The molecule has 1 aliphatic rings. The fourth-order valence-corrected chi connectivity index (χ4v) is 2.34. The van der Waals surface area contributed by atoms with Crippen LogP contribution in [0.3, 0.4) is 0 Å². The summed E-state index contributed by atoms with van der Waals surface area (Å²) in [6, 6.07) is 3.43. The van der Waals surface area contributed by atoms with E-state index < -0.39 is 6.10 Å². The van der Waals surface area contributed by atoms with Crippen molar-refractivity contribution in [2.75, 3.05) is 0 Å². The van der Waals surface area contributed by atoms with E-state index in [2.05, 4.69) is 0 Å². The summed E-state index contributed by atoms with van der Waals surface area (Å²) < 4.78 is 5.17. The summed E-state index contributed by atoms with van der Waals surface area (Å²) in [6.07, 6.45) is 5.42. The lowest BCUT2D eigenvalue weighted by molar-refractivity contribution is 0.120. The number of furan rings is 1. The highest BCUT2D eigenvalue weighted by atomic mass is 35.5. The maximum atomic E-state index is 9.84. The molecule has 3 heteroatoms. The molecular weight excluding hydrogens is 200 g/mol. The molecule has 2 nitrogen and oxygen atoms in total. The Morgan fingerprint density at radius 3 is 2.71 bits per heavy atom. The van der Waals surface area contributed by atoms with Crippen molar-refractivity contribution in [3.05, 3.63) is 23.1 Å². The Morgan fingerprint density at radius 2 is 2.14 bits per heavy atom. The molecule has 1 atom stereocenters. The van der Waals surface area contributed by atoms with E-state index in [4.69, 9.17) is 16.0 Å². The first kappa shape index (κ1) is 10.1. The van der Waals surface area contributed by atoms with Crippen molar-refractivity contribution in [1.82, 2.24) is 0 Å². The minimum absolute atomic E-state index is 0.352. The largest absolute Gasteiger partial charge is 0.447 e. The smallest absolute Gasteiger partial charge is 0.193 e. The molecule has 1 saturated carbocycles. The van der Waals surface area contributed by atoms with Crippen LogP contribution in [0, 0.1) is 5.92 Å². The second-order valence-corrected chi connectivity index (χ2v) is 4.42. The molecule has 1 aromatic rings. The normalized spacial score (nSPS) is 20.1. The molecule has 1 fully saturated rings. The summed E-state index contributed by atoms with van der Waals surface area (Å²) in [5.74, 6) is 1.26. The van der Waals surface area contributed by atoms with Crippen molar-refractivity contribution in [1.29, 1.82) is 0 Å². The molecule has 0 bridgehead atoms. The predicted molar refractivity (Wildman–Crippen MR) is 55.3 cm³/mol. The van der Waals surface area contributed by atoms with E-state index in [1.165, 1.54) is 25.7 Å². The first-order chi connectivity index (χ1) is 6.75. The number of aliphatic hydroxyl groups excluding tert-OH is 1. The Kier molecular flexibility index (Phi) is 3.14. The highest BCUT2D eigenvalue weighted by molar-refractivity contribution is 6.28. The molecule has 1 aliphatic carbocycles. The third-order valence-corrected chi connectivity index (χ3v) is 3.16. The summed E-state index contributed by atoms with van der Waals surface area (Å²) in [5.41, 5.74) is 0. The van der Waals surface area contributed by atoms with Crippen LogP contribution in [0.5, 0.6) is 0 Å². The van der Waals surface area contributed by atoms with Gasteiger partial charge >= 0.3 is 0 Å². The van der Waals surface area contributed by atoms with Gasteiger partial charge in [-0.15, -0.1) is 0 Å². The lowest BCUT2D eigenvalue weighted by Crippen LogP contribution is -2.03. The molecule has 0 saturated heterocycles. The van der Waals surface area contributed by atoms with Crippen LogP contribution in [-0.4, -0.2) is 5.11 Å². The third kappa shape index (κ3) is 2.31. The monoisotopic (exact) mass is 214 g/mol. The van der Waals surface area contributed by atoms with Gasteiger partial charge in [-0.25, -0.2) is 0 Å². The minimum Gasteiger partial charge on any atom is -0.447 e. The zero-order chi connectivity index (χ0) is 9.97. The van der Waals surface area contributed by atoms with E-state index in [1.807, 2.05) is 0 Å². The Bertz CT molecular complexity index is 289. The van der Waals surface area contributed by atoms with Gasteiger partial charge in [-0.2, -0.15) is 0 Å². The van der Waals surface area contributed by atoms with Crippen molar-refractivity contribution >= 4 is 11.6 Å². The van der Waals surface area contributed by atoms with Crippen LogP contribution < -0.4 is 0 Å². The lowest BCUT2D eigenvalue weighted by atomic mass is 9.99. The van der Waals surface area contributed by atoms with Gasteiger partial charge in [0, 0.05) is 0 Å². The number of aliphatic hydroxyl groups is 1. The van der Waals surface area contributed by atoms with Crippen LogP contribution >= 0.6 is 11.6 Å². The molecule has 1 aromatic heterocycles. The Labute approximate surface area is 88.9 Å². The summed E-state index contributed by atoms with van der Waals surface area (Å²) in [7, 11) is 0. The maximum absolute atomic E-state index is 9.84. The van der Waals surface area contributed by atoms with Gasteiger partial charge in [0.25, 0.3) is 0 Å². The fraction of sp³-hybridized carbons (Fsp3) is 0.636. The van der Waals surface area contributed by atoms with Crippen molar-refractivity contribution < 1.29 is 9.52 Å². The van der Waals surface area contributed by atoms with Crippen LogP contribution in [-0.2, 0) is 0 Å². The first-order valence-corrected chi connectivity index (χ1v) is 5.57. The first-order valence-electron chi connectivity index (χ1n) is 5.19. The van der Waals surface area contributed by atoms with E-state index in [0.29, 0.717) is 16.9 Å². The number of hydrogen-bond acceptors (Lipinski definition) is 2.